The van der Waals surface area contributed by atoms with Crippen LogP contribution in [-0.4, -0.2) is 0 Å². The third-order valence-corrected chi connectivity index (χ3v) is 1.74. The van der Waals surface area contributed by atoms with Crippen LogP contribution >= 0.6 is 30.4 Å². The normalized spacial score (nSPS) is 9.40. The SMILES string of the molecule is Fc1ccc(OSI)cc1. The molecule has 0 aromatic heterocycles. The van der Waals surface area contributed by atoms with Gasteiger partial charge in [0.05, 0.1) is 0 Å². The lowest BCUT2D eigenvalue weighted by Gasteiger charge is -1.96. The van der Waals surface area contributed by atoms with Gasteiger partial charge in [-0.15, -0.1) is 0 Å². The molecule has 1 rings (SSSR count). The van der Waals surface area contributed by atoms with Crippen molar-refractivity contribution in [3.8, 4) is 5.75 Å². The monoisotopic (exact) mass is 270 g/mol. The Hall–Kier alpha value is 0.0300. The van der Waals surface area contributed by atoms with Gasteiger partial charge in [-0.1, -0.05) is 0 Å². The first kappa shape index (κ1) is 8.13. The summed E-state index contributed by atoms with van der Waals surface area (Å²) in [4.78, 5) is 0. The lowest BCUT2D eigenvalue weighted by molar-refractivity contribution is 0.615. The van der Waals surface area contributed by atoms with Gasteiger partial charge in [-0.05, 0) is 24.3 Å². The lowest BCUT2D eigenvalue weighted by Crippen LogP contribution is -1.76. The molecule has 0 N–H and O–H groups in total. The first-order valence-corrected chi connectivity index (χ1v) is 5.82. The number of halogens is 2. The first-order valence-electron chi connectivity index (χ1n) is 2.54. The van der Waals surface area contributed by atoms with E-state index in [9.17, 15) is 4.39 Å². The summed E-state index contributed by atoms with van der Waals surface area (Å²) < 4.78 is 17.3. The van der Waals surface area contributed by atoms with Crippen LogP contribution in [0.15, 0.2) is 24.3 Å². The van der Waals surface area contributed by atoms with E-state index >= 15 is 0 Å². The summed E-state index contributed by atoms with van der Waals surface area (Å²) in [6.07, 6.45) is 0. The van der Waals surface area contributed by atoms with Crippen LogP contribution in [0.2, 0.25) is 0 Å². The zero-order chi connectivity index (χ0) is 7.40. The Labute approximate surface area is 74.8 Å². The van der Waals surface area contributed by atoms with Crippen molar-refractivity contribution in [3.63, 3.8) is 0 Å². The molecule has 0 aliphatic carbocycles. The quantitative estimate of drug-likeness (QED) is 0.603. The van der Waals surface area contributed by atoms with Crippen molar-refractivity contribution >= 4 is 30.4 Å². The summed E-state index contributed by atoms with van der Waals surface area (Å²) >= 11 is 2.00. The number of hydrogen-bond acceptors (Lipinski definition) is 2. The van der Waals surface area contributed by atoms with E-state index in [0.29, 0.717) is 5.75 Å². The average Bonchev–Trinajstić information content (AvgIpc) is 1.95. The molecule has 0 saturated carbocycles. The van der Waals surface area contributed by atoms with Gasteiger partial charge in [0, 0.05) is 21.2 Å². The molecular weight excluding hydrogens is 266 g/mol. The molecule has 0 saturated heterocycles. The molecule has 1 nitrogen and oxygen atoms in total. The molecule has 0 bridgehead atoms. The van der Waals surface area contributed by atoms with Crippen molar-refractivity contribution in [3.05, 3.63) is 30.1 Å². The standard InChI is InChI=1S/C6H4FIOS/c7-5-1-3-6(4-2-5)9-10-8/h1-4H. The third kappa shape index (κ3) is 2.34. The van der Waals surface area contributed by atoms with Gasteiger partial charge in [-0.2, -0.15) is 0 Å². The van der Waals surface area contributed by atoms with Gasteiger partial charge < -0.3 is 4.18 Å². The van der Waals surface area contributed by atoms with Crippen molar-refractivity contribution in [1.29, 1.82) is 0 Å². The minimum atomic E-state index is -0.245. The van der Waals surface area contributed by atoms with Crippen LogP contribution in [0.25, 0.3) is 0 Å². The summed E-state index contributed by atoms with van der Waals surface area (Å²) in [6.45, 7) is 0. The second kappa shape index (κ2) is 4.02. The van der Waals surface area contributed by atoms with E-state index in [1.54, 1.807) is 12.1 Å². The van der Waals surface area contributed by atoms with Crippen molar-refractivity contribution < 1.29 is 8.57 Å². The molecular formula is C6H4FIOS. The van der Waals surface area contributed by atoms with E-state index in [0.717, 1.165) is 0 Å². The predicted octanol–water partition coefficient (Wildman–Crippen LogP) is 3.20. The van der Waals surface area contributed by atoms with Crippen LogP contribution in [0.3, 0.4) is 0 Å². The average molecular weight is 270 g/mol. The molecule has 0 aliphatic rings. The van der Waals surface area contributed by atoms with Crippen molar-refractivity contribution in [2.75, 3.05) is 0 Å². The highest BCUT2D eigenvalue weighted by molar-refractivity contribution is 14.2. The Morgan fingerprint density at radius 3 is 2.40 bits per heavy atom. The number of hydrogen-bond donors (Lipinski definition) is 0. The Bertz CT molecular complexity index is 201. The molecule has 0 radical (unpaired) electrons. The Balaban J connectivity index is 2.69. The topological polar surface area (TPSA) is 9.23 Å². The highest BCUT2D eigenvalue weighted by atomic mass is 127. The van der Waals surface area contributed by atoms with Gasteiger partial charge in [0.1, 0.15) is 20.8 Å². The number of rotatable bonds is 2. The Morgan fingerprint density at radius 1 is 1.30 bits per heavy atom. The van der Waals surface area contributed by atoms with Gasteiger partial charge in [0.15, 0.2) is 0 Å². The maximum atomic E-state index is 12.3. The summed E-state index contributed by atoms with van der Waals surface area (Å²) in [5, 5.41) is 0. The molecule has 4 heteroatoms. The largest absolute Gasteiger partial charge is 0.415 e. The third-order valence-electron chi connectivity index (χ3n) is 0.941. The van der Waals surface area contributed by atoms with Crippen LogP contribution in [0, 0.1) is 5.82 Å². The summed E-state index contributed by atoms with van der Waals surface area (Å²) in [5.41, 5.74) is 0. The fourth-order valence-corrected chi connectivity index (χ4v) is 1.33. The molecule has 10 heavy (non-hydrogen) atoms. The maximum absolute atomic E-state index is 12.3. The highest BCUT2D eigenvalue weighted by Gasteiger charge is 1.92. The van der Waals surface area contributed by atoms with Crippen LogP contribution < -0.4 is 4.18 Å². The highest BCUT2D eigenvalue weighted by Crippen LogP contribution is 2.20. The van der Waals surface area contributed by atoms with E-state index in [1.807, 2.05) is 21.2 Å². The zero-order valence-corrected chi connectivity index (χ0v) is 7.86. The Morgan fingerprint density at radius 2 is 1.90 bits per heavy atom. The smallest absolute Gasteiger partial charge is 0.138 e. The fourth-order valence-electron chi connectivity index (χ4n) is 0.527. The van der Waals surface area contributed by atoms with Crippen LogP contribution in [0.4, 0.5) is 4.39 Å². The van der Waals surface area contributed by atoms with E-state index in [-0.39, 0.29) is 5.82 Å². The molecule has 0 fully saturated rings. The maximum Gasteiger partial charge on any atom is 0.138 e. The fraction of sp³-hybridized carbons (Fsp3) is 0. The molecule has 0 atom stereocenters. The van der Waals surface area contributed by atoms with E-state index < -0.39 is 0 Å². The molecule has 0 amide bonds. The zero-order valence-electron chi connectivity index (χ0n) is 4.88. The van der Waals surface area contributed by atoms with Crippen molar-refractivity contribution in [2.45, 2.75) is 0 Å². The van der Waals surface area contributed by atoms with Crippen molar-refractivity contribution in [1.82, 2.24) is 0 Å². The van der Waals surface area contributed by atoms with Gasteiger partial charge in [-0.25, -0.2) is 4.39 Å². The van der Waals surface area contributed by atoms with Gasteiger partial charge in [0.25, 0.3) is 0 Å². The minimum absolute atomic E-state index is 0.245. The molecule has 0 unspecified atom stereocenters. The molecule has 0 spiro atoms. The summed E-state index contributed by atoms with van der Waals surface area (Å²) in [6, 6.07) is 5.90. The van der Waals surface area contributed by atoms with E-state index in [4.69, 9.17) is 4.18 Å². The van der Waals surface area contributed by atoms with Crippen molar-refractivity contribution in [2.24, 2.45) is 0 Å². The molecule has 54 valence electrons. The molecule has 0 heterocycles. The van der Waals surface area contributed by atoms with Crippen LogP contribution in [-0.2, 0) is 0 Å². The molecule has 1 aromatic carbocycles. The summed E-state index contributed by atoms with van der Waals surface area (Å²) in [7, 11) is 1.21. The lowest BCUT2D eigenvalue weighted by atomic mass is 10.3. The van der Waals surface area contributed by atoms with E-state index in [2.05, 4.69) is 0 Å². The predicted molar refractivity (Wildman–Crippen MR) is 48.6 cm³/mol. The number of benzene rings is 1. The second-order valence-electron chi connectivity index (χ2n) is 1.60. The van der Waals surface area contributed by atoms with Crippen LogP contribution in [0.1, 0.15) is 0 Å². The van der Waals surface area contributed by atoms with Gasteiger partial charge >= 0.3 is 0 Å². The Kier molecular flexibility index (Phi) is 3.27. The molecule has 0 aliphatic heterocycles. The minimum Gasteiger partial charge on any atom is -0.415 e. The van der Waals surface area contributed by atoms with E-state index in [1.165, 1.54) is 21.3 Å². The van der Waals surface area contributed by atoms with Gasteiger partial charge in [-0.3, -0.25) is 0 Å². The van der Waals surface area contributed by atoms with Crippen LogP contribution in [0.5, 0.6) is 5.75 Å². The molecule has 1 aromatic rings. The first-order chi connectivity index (χ1) is 4.83. The summed E-state index contributed by atoms with van der Waals surface area (Å²) in [5.74, 6) is 0.423. The second-order valence-corrected chi connectivity index (χ2v) is 2.97. The van der Waals surface area contributed by atoms with Gasteiger partial charge in [0.2, 0.25) is 0 Å².